The van der Waals surface area contributed by atoms with Crippen LogP contribution in [0.3, 0.4) is 0 Å². The topological polar surface area (TPSA) is 85.1 Å². The Hall–Kier alpha value is -1.60. The Morgan fingerprint density at radius 1 is 1.22 bits per heavy atom. The summed E-state index contributed by atoms with van der Waals surface area (Å²) >= 11 is 3.20. The van der Waals surface area contributed by atoms with Crippen LogP contribution in [-0.4, -0.2) is 13.4 Å². The molecule has 0 saturated carbocycles. The maximum absolute atomic E-state index is 12.0. The van der Waals surface area contributed by atoms with E-state index in [9.17, 15) is 8.42 Å². The van der Waals surface area contributed by atoms with Crippen LogP contribution in [0, 0.1) is 0 Å². The van der Waals surface area contributed by atoms with Crippen molar-refractivity contribution in [2.45, 2.75) is 4.90 Å². The van der Waals surface area contributed by atoms with Gasteiger partial charge in [0.2, 0.25) is 0 Å². The molecule has 0 aliphatic rings. The van der Waals surface area contributed by atoms with Gasteiger partial charge in [-0.2, -0.15) is 0 Å². The Kier molecular flexibility index (Phi) is 3.53. The molecule has 94 valence electrons. The SMILES string of the molecule is Nc1cnc(NS(=O)(=O)c2ccccc2)c(Br)c1. The van der Waals surface area contributed by atoms with Crippen molar-refractivity contribution in [3.05, 3.63) is 47.1 Å². The molecular weight excluding hydrogens is 318 g/mol. The van der Waals surface area contributed by atoms with Crippen LogP contribution in [0.5, 0.6) is 0 Å². The summed E-state index contributed by atoms with van der Waals surface area (Å²) in [6.07, 6.45) is 1.38. The van der Waals surface area contributed by atoms with Crippen molar-refractivity contribution in [2.24, 2.45) is 0 Å². The van der Waals surface area contributed by atoms with Crippen LogP contribution in [0.2, 0.25) is 0 Å². The number of nitrogen functional groups attached to an aromatic ring is 1. The van der Waals surface area contributed by atoms with Crippen LogP contribution in [0.25, 0.3) is 0 Å². The molecule has 0 amide bonds. The first-order valence-corrected chi connectivity index (χ1v) is 7.25. The van der Waals surface area contributed by atoms with Crippen LogP contribution in [0.1, 0.15) is 0 Å². The number of nitrogens with one attached hydrogen (secondary N) is 1. The molecule has 1 heterocycles. The number of sulfonamides is 1. The summed E-state index contributed by atoms with van der Waals surface area (Å²) in [5, 5.41) is 0. The van der Waals surface area contributed by atoms with E-state index < -0.39 is 10.0 Å². The second-order valence-corrected chi connectivity index (χ2v) is 6.05. The van der Waals surface area contributed by atoms with Crippen LogP contribution < -0.4 is 10.5 Å². The molecule has 0 saturated heterocycles. The summed E-state index contributed by atoms with van der Waals surface area (Å²) in [6, 6.07) is 9.65. The predicted molar refractivity (Wildman–Crippen MR) is 73.6 cm³/mol. The van der Waals surface area contributed by atoms with E-state index in [0.717, 1.165) is 0 Å². The third-order valence-electron chi connectivity index (χ3n) is 2.15. The summed E-state index contributed by atoms with van der Waals surface area (Å²) in [6.45, 7) is 0. The lowest BCUT2D eigenvalue weighted by Crippen LogP contribution is -2.14. The Morgan fingerprint density at radius 2 is 1.89 bits per heavy atom. The normalized spacial score (nSPS) is 11.2. The average Bonchev–Trinajstić information content (AvgIpc) is 2.34. The molecule has 3 N–H and O–H groups in total. The number of hydrogen-bond donors (Lipinski definition) is 2. The van der Waals surface area contributed by atoms with Gasteiger partial charge in [-0.05, 0) is 34.1 Å². The van der Waals surface area contributed by atoms with Gasteiger partial charge in [0.05, 0.1) is 21.3 Å². The molecule has 0 radical (unpaired) electrons. The van der Waals surface area contributed by atoms with Gasteiger partial charge in [0.15, 0.2) is 5.82 Å². The van der Waals surface area contributed by atoms with Gasteiger partial charge < -0.3 is 5.73 Å². The van der Waals surface area contributed by atoms with Crippen LogP contribution in [-0.2, 0) is 10.0 Å². The highest BCUT2D eigenvalue weighted by atomic mass is 79.9. The summed E-state index contributed by atoms with van der Waals surface area (Å²) < 4.78 is 26.9. The smallest absolute Gasteiger partial charge is 0.263 e. The monoisotopic (exact) mass is 327 g/mol. The lowest BCUT2D eigenvalue weighted by Gasteiger charge is -2.08. The van der Waals surface area contributed by atoms with Crippen LogP contribution in [0.15, 0.2) is 52.0 Å². The maximum atomic E-state index is 12.0. The molecule has 0 bridgehead atoms. The molecule has 0 spiro atoms. The Morgan fingerprint density at radius 3 is 2.50 bits per heavy atom. The quantitative estimate of drug-likeness (QED) is 0.905. The average molecular weight is 328 g/mol. The van der Waals surface area contributed by atoms with E-state index in [-0.39, 0.29) is 10.7 Å². The second-order valence-electron chi connectivity index (χ2n) is 3.52. The number of rotatable bonds is 3. The minimum Gasteiger partial charge on any atom is -0.397 e. The van der Waals surface area contributed by atoms with Crippen molar-refractivity contribution in [2.75, 3.05) is 10.5 Å². The zero-order valence-electron chi connectivity index (χ0n) is 9.17. The molecular formula is C11H10BrN3O2S. The Labute approximate surface area is 113 Å². The van der Waals surface area contributed by atoms with E-state index in [4.69, 9.17) is 5.73 Å². The number of aromatic nitrogens is 1. The molecule has 0 fully saturated rings. The van der Waals surface area contributed by atoms with Gasteiger partial charge in [0, 0.05) is 0 Å². The van der Waals surface area contributed by atoms with E-state index in [1.54, 1.807) is 24.3 Å². The van der Waals surface area contributed by atoms with Crippen LogP contribution in [0.4, 0.5) is 11.5 Å². The van der Waals surface area contributed by atoms with E-state index in [1.165, 1.54) is 18.3 Å². The zero-order chi connectivity index (χ0) is 13.2. The van der Waals surface area contributed by atoms with Crippen molar-refractivity contribution in [3.8, 4) is 0 Å². The van der Waals surface area contributed by atoms with Gasteiger partial charge in [-0.1, -0.05) is 18.2 Å². The highest BCUT2D eigenvalue weighted by Crippen LogP contribution is 2.24. The minimum absolute atomic E-state index is 0.176. The largest absolute Gasteiger partial charge is 0.397 e. The molecule has 1 aromatic heterocycles. The highest BCUT2D eigenvalue weighted by Gasteiger charge is 2.15. The fourth-order valence-electron chi connectivity index (χ4n) is 1.31. The number of halogens is 1. The lowest BCUT2D eigenvalue weighted by atomic mass is 10.4. The predicted octanol–water partition coefficient (Wildman–Crippen LogP) is 2.23. The van der Waals surface area contributed by atoms with E-state index >= 15 is 0 Å². The summed E-state index contributed by atoms with van der Waals surface area (Å²) in [4.78, 5) is 4.10. The molecule has 1 aromatic carbocycles. The number of nitrogens with two attached hydrogens (primary N) is 1. The van der Waals surface area contributed by atoms with Crippen molar-refractivity contribution >= 4 is 37.5 Å². The molecule has 5 nitrogen and oxygen atoms in total. The Balaban J connectivity index is 2.34. The molecule has 0 unspecified atom stereocenters. The summed E-state index contributed by atoms with van der Waals surface area (Å²) in [5.74, 6) is 0.202. The summed E-state index contributed by atoms with van der Waals surface area (Å²) in [5.41, 5.74) is 5.98. The lowest BCUT2D eigenvalue weighted by molar-refractivity contribution is 0.601. The molecule has 2 rings (SSSR count). The molecule has 0 aliphatic heterocycles. The number of hydrogen-bond acceptors (Lipinski definition) is 4. The maximum Gasteiger partial charge on any atom is 0.263 e. The molecule has 0 aliphatic carbocycles. The number of anilines is 2. The first-order chi connectivity index (χ1) is 8.49. The third kappa shape index (κ3) is 2.80. The number of pyridine rings is 1. The van der Waals surface area contributed by atoms with Crippen molar-refractivity contribution < 1.29 is 8.42 Å². The van der Waals surface area contributed by atoms with E-state index in [1.807, 2.05) is 0 Å². The standard InChI is InChI=1S/C11H10BrN3O2S/c12-10-6-8(13)7-14-11(10)15-18(16,17)9-4-2-1-3-5-9/h1-7H,13H2,(H,14,15). The van der Waals surface area contributed by atoms with E-state index in [0.29, 0.717) is 10.2 Å². The zero-order valence-corrected chi connectivity index (χ0v) is 11.6. The van der Waals surface area contributed by atoms with Crippen molar-refractivity contribution in [3.63, 3.8) is 0 Å². The first-order valence-electron chi connectivity index (χ1n) is 4.98. The van der Waals surface area contributed by atoms with Gasteiger partial charge >= 0.3 is 0 Å². The molecule has 18 heavy (non-hydrogen) atoms. The van der Waals surface area contributed by atoms with Gasteiger partial charge in [-0.15, -0.1) is 0 Å². The second kappa shape index (κ2) is 4.95. The van der Waals surface area contributed by atoms with Gasteiger partial charge in [0.1, 0.15) is 0 Å². The molecule has 2 aromatic rings. The summed E-state index contributed by atoms with van der Waals surface area (Å²) in [7, 11) is -3.63. The fraction of sp³-hybridized carbons (Fsp3) is 0. The van der Waals surface area contributed by atoms with Gasteiger partial charge in [-0.25, -0.2) is 13.4 Å². The van der Waals surface area contributed by atoms with E-state index in [2.05, 4.69) is 25.6 Å². The number of nitrogens with zero attached hydrogens (tertiary/aromatic N) is 1. The number of benzene rings is 1. The molecule has 0 atom stereocenters. The van der Waals surface area contributed by atoms with Crippen LogP contribution >= 0.6 is 15.9 Å². The first kappa shape index (κ1) is 12.8. The third-order valence-corrected chi connectivity index (χ3v) is 4.11. The molecule has 7 heteroatoms. The highest BCUT2D eigenvalue weighted by molar-refractivity contribution is 9.10. The Bertz CT molecular complexity index is 659. The fourth-order valence-corrected chi connectivity index (χ4v) is 2.96. The van der Waals surface area contributed by atoms with Crippen molar-refractivity contribution in [1.29, 1.82) is 0 Å². The van der Waals surface area contributed by atoms with Gasteiger partial charge in [-0.3, -0.25) is 4.72 Å². The minimum atomic E-state index is -3.63. The van der Waals surface area contributed by atoms with Gasteiger partial charge in [0.25, 0.3) is 10.0 Å². The van der Waals surface area contributed by atoms with Crippen molar-refractivity contribution in [1.82, 2.24) is 4.98 Å².